The van der Waals surface area contributed by atoms with E-state index in [-0.39, 0.29) is 16.5 Å². The minimum Gasteiger partial charge on any atom is -0.492 e. The van der Waals surface area contributed by atoms with Crippen LogP contribution >= 0.6 is 23.4 Å². The van der Waals surface area contributed by atoms with Gasteiger partial charge in [0.15, 0.2) is 5.82 Å². The highest BCUT2D eigenvalue weighted by atomic mass is 35.5. The van der Waals surface area contributed by atoms with Crippen molar-refractivity contribution < 1.29 is 13.2 Å². The van der Waals surface area contributed by atoms with Crippen molar-refractivity contribution in [3.63, 3.8) is 0 Å². The fourth-order valence-corrected chi connectivity index (χ4v) is 4.50. The van der Waals surface area contributed by atoms with Crippen molar-refractivity contribution in [1.82, 2.24) is 19.9 Å². The maximum Gasteiger partial charge on any atom is 0.240 e. The van der Waals surface area contributed by atoms with Gasteiger partial charge in [0.1, 0.15) is 5.75 Å². The molecule has 0 bridgehead atoms. The summed E-state index contributed by atoms with van der Waals surface area (Å²) in [7, 11) is -3.66. The lowest BCUT2D eigenvalue weighted by Crippen LogP contribution is -2.26. The third-order valence-corrected chi connectivity index (χ3v) is 6.25. The van der Waals surface area contributed by atoms with Gasteiger partial charge in [-0.1, -0.05) is 53.7 Å². The molecule has 3 aromatic rings. The first-order chi connectivity index (χ1) is 13.5. The van der Waals surface area contributed by atoms with E-state index in [0.29, 0.717) is 29.1 Å². The second-order valence-electron chi connectivity index (χ2n) is 5.60. The number of H-pyrrole nitrogens is 1. The molecule has 10 heteroatoms. The monoisotopic (exact) mass is 438 g/mol. The number of aromatic nitrogens is 3. The van der Waals surface area contributed by atoms with Crippen LogP contribution < -0.4 is 9.46 Å². The van der Waals surface area contributed by atoms with Gasteiger partial charge in [0, 0.05) is 17.9 Å². The summed E-state index contributed by atoms with van der Waals surface area (Å²) in [6.07, 6.45) is 0. The van der Waals surface area contributed by atoms with Crippen molar-refractivity contribution in [1.29, 1.82) is 0 Å². The normalized spacial score (nSPS) is 11.5. The van der Waals surface area contributed by atoms with Crippen LogP contribution in [0, 0.1) is 0 Å². The minimum absolute atomic E-state index is 0.0928. The Bertz CT molecular complexity index is 1030. The standard InChI is InChI=1S/C18H19ClN4O3S2/c1-2-26-16-9-8-14(12-15(16)19)28(24,25)20-10-11-27-18-21-17(22-23-18)13-6-4-3-5-7-13/h3-9,12,20H,2,10-11H2,1H3,(H,21,22,23). The van der Waals surface area contributed by atoms with Crippen LogP contribution in [0.1, 0.15) is 6.92 Å². The van der Waals surface area contributed by atoms with Gasteiger partial charge in [0.2, 0.25) is 15.2 Å². The third-order valence-electron chi connectivity index (χ3n) is 3.65. The summed E-state index contributed by atoms with van der Waals surface area (Å²) in [5.41, 5.74) is 0.940. The fourth-order valence-electron chi connectivity index (χ4n) is 2.36. The number of rotatable bonds is 9. The van der Waals surface area contributed by atoms with Crippen LogP contribution in [0.4, 0.5) is 0 Å². The number of benzene rings is 2. The number of hydrogen-bond acceptors (Lipinski definition) is 6. The van der Waals surface area contributed by atoms with Gasteiger partial charge < -0.3 is 4.74 Å². The highest BCUT2D eigenvalue weighted by Gasteiger charge is 2.16. The summed E-state index contributed by atoms with van der Waals surface area (Å²) < 4.78 is 32.7. The summed E-state index contributed by atoms with van der Waals surface area (Å²) in [4.78, 5) is 4.49. The van der Waals surface area contributed by atoms with Gasteiger partial charge >= 0.3 is 0 Å². The molecule has 0 saturated carbocycles. The Morgan fingerprint density at radius 3 is 2.71 bits per heavy atom. The van der Waals surface area contributed by atoms with Crippen LogP contribution in [-0.2, 0) is 10.0 Å². The van der Waals surface area contributed by atoms with Gasteiger partial charge in [-0.3, -0.25) is 5.10 Å². The van der Waals surface area contributed by atoms with Crippen LogP contribution in [0.5, 0.6) is 5.75 Å². The van der Waals surface area contributed by atoms with E-state index in [9.17, 15) is 8.42 Å². The zero-order valence-corrected chi connectivity index (χ0v) is 17.4. The molecular weight excluding hydrogens is 420 g/mol. The van der Waals surface area contributed by atoms with Gasteiger partial charge in [-0.05, 0) is 25.1 Å². The smallest absolute Gasteiger partial charge is 0.240 e. The molecule has 148 valence electrons. The summed E-state index contributed by atoms with van der Waals surface area (Å²) in [5, 5.41) is 7.84. The average molecular weight is 439 g/mol. The maximum absolute atomic E-state index is 12.4. The number of sulfonamides is 1. The molecule has 0 radical (unpaired) electrons. The number of halogens is 1. The number of ether oxygens (including phenoxy) is 1. The summed E-state index contributed by atoms with van der Waals surface area (Å²) >= 11 is 7.42. The van der Waals surface area contributed by atoms with E-state index in [1.807, 2.05) is 37.3 Å². The average Bonchev–Trinajstić information content (AvgIpc) is 3.17. The molecule has 0 saturated heterocycles. The molecule has 7 nitrogen and oxygen atoms in total. The quantitative estimate of drug-likeness (QED) is 0.391. The van der Waals surface area contributed by atoms with Crippen LogP contribution in [0.25, 0.3) is 11.4 Å². The first-order valence-corrected chi connectivity index (χ1v) is 11.4. The van der Waals surface area contributed by atoms with Crippen LogP contribution in [-0.4, -0.2) is 42.5 Å². The molecule has 0 fully saturated rings. The highest BCUT2D eigenvalue weighted by molar-refractivity contribution is 7.99. The van der Waals surface area contributed by atoms with E-state index in [1.54, 1.807) is 6.07 Å². The summed E-state index contributed by atoms with van der Waals surface area (Å²) in [5.74, 6) is 1.61. The number of thioether (sulfide) groups is 1. The van der Waals surface area contributed by atoms with Crippen LogP contribution in [0.3, 0.4) is 0 Å². The third kappa shape index (κ3) is 5.26. The van der Waals surface area contributed by atoms with Gasteiger partial charge in [-0.2, -0.15) is 0 Å². The lowest BCUT2D eigenvalue weighted by Gasteiger charge is -2.09. The molecule has 0 aliphatic carbocycles. The molecule has 0 amide bonds. The van der Waals surface area contributed by atoms with Crippen molar-refractivity contribution >= 4 is 33.4 Å². The molecule has 1 aromatic heterocycles. The van der Waals surface area contributed by atoms with Gasteiger partial charge in [-0.15, -0.1) is 5.10 Å². The topological polar surface area (TPSA) is 97.0 Å². The fraction of sp³-hybridized carbons (Fsp3) is 0.222. The molecule has 0 atom stereocenters. The Labute approximate surface area is 172 Å². The van der Waals surface area contributed by atoms with E-state index in [2.05, 4.69) is 19.9 Å². The molecule has 2 N–H and O–H groups in total. The molecule has 0 aliphatic rings. The SMILES string of the molecule is CCOc1ccc(S(=O)(=O)NCCSc2n[nH]c(-c3ccccc3)n2)cc1Cl. The number of nitrogens with zero attached hydrogens (tertiary/aromatic N) is 2. The van der Waals surface area contributed by atoms with E-state index in [0.717, 1.165) is 5.56 Å². The Morgan fingerprint density at radius 1 is 1.21 bits per heavy atom. The Balaban J connectivity index is 1.53. The largest absolute Gasteiger partial charge is 0.492 e. The highest BCUT2D eigenvalue weighted by Crippen LogP contribution is 2.27. The van der Waals surface area contributed by atoms with Crippen molar-refractivity contribution in [2.75, 3.05) is 18.9 Å². The molecule has 0 unspecified atom stereocenters. The predicted molar refractivity (Wildman–Crippen MR) is 110 cm³/mol. The second kappa shape index (κ2) is 9.42. The number of nitrogens with one attached hydrogen (secondary N) is 2. The minimum atomic E-state index is -3.66. The molecule has 28 heavy (non-hydrogen) atoms. The lowest BCUT2D eigenvalue weighted by atomic mass is 10.2. The van der Waals surface area contributed by atoms with E-state index in [1.165, 1.54) is 23.9 Å². The number of aromatic amines is 1. The maximum atomic E-state index is 12.4. The second-order valence-corrected chi connectivity index (χ2v) is 8.84. The number of hydrogen-bond donors (Lipinski definition) is 2. The van der Waals surface area contributed by atoms with Crippen molar-refractivity contribution in [2.45, 2.75) is 17.0 Å². The Hall–Kier alpha value is -2.07. The van der Waals surface area contributed by atoms with Crippen LogP contribution in [0.2, 0.25) is 5.02 Å². The van der Waals surface area contributed by atoms with E-state index >= 15 is 0 Å². The lowest BCUT2D eigenvalue weighted by molar-refractivity contribution is 0.340. The molecule has 0 aliphatic heterocycles. The van der Waals surface area contributed by atoms with Crippen molar-refractivity contribution in [3.05, 3.63) is 53.6 Å². The van der Waals surface area contributed by atoms with Crippen LogP contribution in [0.15, 0.2) is 58.6 Å². The van der Waals surface area contributed by atoms with E-state index in [4.69, 9.17) is 16.3 Å². The first kappa shape index (κ1) is 20.7. The van der Waals surface area contributed by atoms with Crippen molar-refractivity contribution in [3.8, 4) is 17.1 Å². The molecule has 1 heterocycles. The molecule has 0 spiro atoms. The first-order valence-electron chi connectivity index (χ1n) is 8.52. The molecule has 2 aromatic carbocycles. The predicted octanol–water partition coefficient (Wildman–Crippen LogP) is 3.59. The molecular formula is C18H19ClN4O3S2. The van der Waals surface area contributed by atoms with Gasteiger partial charge in [-0.25, -0.2) is 18.1 Å². The Morgan fingerprint density at radius 2 is 2.00 bits per heavy atom. The zero-order chi connectivity index (χ0) is 20.0. The van der Waals surface area contributed by atoms with Gasteiger partial charge in [0.25, 0.3) is 0 Å². The molecule has 3 rings (SSSR count). The summed E-state index contributed by atoms with van der Waals surface area (Å²) in [6, 6.07) is 14.0. The zero-order valence-electron chi connectivity index (χ0n) is 15.1. The van der Waals surface area contributed by atoms with Crippen molar-refractivity contribution in [2.24, 2.45) is 0 Å². The Kier molecular flexibility index (Phi) is 6.95. The summed E-state index contributed by atoms with van der Waals surface area (Å²) in [6.45, 7) is 2.51. The van der Waals surface area contributed by atoms with E-state index < -0.39 is 10.0 Å². The van der Waals surface area contributed by atoms with Gasteiger partial charge in [0.05, 0.1) is 16.5 Å².